The highest BCUT2D eigenvalue weighted by atomic mass is 16.6. The van der Waals surface area contributed by atoms with Crippen LogP contribution in [0.15, 0.2) is 30.3 Å². The van der Waals surface area contributed by atoms with Crippen LogP contribution in [0.25, 0.3) is 0 Å². The Balaban J connectivity index is 1.90. The van der Waals surface area contributed by atoms with Crippen LogP contribution < -0.4 is 15.8 Å². The Labute approximate surface area is 99.5 Å². The molecular formula is C12H15N3O2. The van der Waals surface area contributed by atoms with Crippen molar-refractivity contribution in [3.63, 3.8) is 0 Å². The molecule has 0 saturated heterocycles. The van der Waals surface area contributed by atoms with E-state index in [1.807, 2.05) is 6.07 Å². The first-order valence-corrected chi connectivity index (χ1v) is 5.54. The SMILES string of the molecule is N=C(N)C(NC(=O)Oc1ccccc1)C1CC1. The summed E-state index contributed by atoms with van der Waals surface area (Å²) in [6, 6.07) is 8.40. The van der Waals surface area contributed by atoms with Crippen LogP contribution in [0, 0.1) is 11.3 Å². The molecule has 1 fully saturated rings. The smallest absolute Gasteiger partial charge is 0.410 e. The second-order valence-electron chi connectivity index (χ2n) is 4.12. The Bertz CT molecular complexity index is 415. The van der Waals surface area contributed by atoms with E-state index in [9.17, 15) is 4.79 Å². The summed E-state index contributed by atoms with van der Waals surface area (Å²) in [5.41, 5.74) is 5.43. The van der Waals surface area contributed by atoms with E-state index in [-0.39, 0.29) is 11.8 Å². The summed E-state index contributed by atoms with van der Waals surface area (Å²) in [6.45, 7) is 0. The number of rotatable bonds is 4. The van der Waals surface area contributed by atoms with Gasteiger partial charge in [0.2, 0.25) is 0 Å². The Kier molecular flexibility index (Phi) is 3.27. The van der Waals surface area contributed by atoms with Crippen molar-refractivity contribution in [3.8, 4) is 5.75 Å². The van der Waals surface area contributed by atoms with E-state index < -0.39 is 12.1 Å². The van der Waals surface area contributed by atoms with Crippen LogP contribution in [0.1, 0.15) is 12.8 Å². The molecule has 0 bridgehead atoms. The Morgan fingerprint density at radius 3 is 2.59 bits per heavy atom. The summed E-state index contributed by atoms with van der Waals surface area (Å²) >= 11 is 0. The summed E-state index contributed by atoms with van der Waals surface area (Å²) in [4.78, 5) is 11.6. The predicted octanol–water partition coefficient (Wildman–Crippen LogP) is 1.49. The lowest BCUT2D eigenvalue weighted by Crippen LogP contribution is -2.46. The minimum absolute atomic E-state index is 0.0162. The molecule has 1 aliphatic carbocycles. The van der Waals surface area contributed by atoms with Gasteiger partial charge in [0, 0.05) is 0 Å². The van der Waals surface area contributed by atoms with Gasteiger partial charge in [0.1, 0.15) is 11.6 Å². The molecule has 1 saturated carbocycles. The molecular weight excluding hydrogens is 218 g/mol. The fourth-order valence-corrected chi connectivity index (χ4v) is 1.63. The molecule has 1 aromatic rings. The van der Waals surface area contributed by atoms with Gasteiger partial charge in [-0.15, -0.1) is 0 Å². The molecule has 4 N–H and O–H groups in total. The lowest BCUT2D eigenvalue weighted by Gasteiger charge is -2.16. The first-order chi connectivity index (χ1) is 8.16. The van der Waals surface area contributed by atoms with Gasteiger partial charge in [-0.3, -0.25) is 5.41 Å². The van der Waals surface area contributed by atoms with Crippen molar-refractivity contribution in [1.29, 1.82) is 5.41 Å². The molecule has 0 radical (unpaired) electrons. The third-order valence-electron chi connectivity index (χ3n) is 2.66. The van der Waals surface area contributed by atoms with Gasteiger partial charge in [0.05, 0.1) is 6.04 Å². The van der Waals surface area contributed by atoms with Crippen LogP contribution >= 0.6 is 0 Å². The van der Waals surface area contributed by atoms with E-state index in [4.69, 9.17) is 15.9 Å². The number of amides is 1. The number of hydrogen-bond acceptors (Lipinski definition) is 3. The Morgan fingerprint density at radius 2 is 2.06 bits per heavy atom. The standard InChI is InChI=1S/C12H15N3O2/c13-11(14)10(8-6-7-8)15-12(16)17-9-4-2-1-3-5-9/h1-5,8,10H,6-7H2,(H3,13,14)(H,15,16). The average Bonchev–Trinajstić information content (AvgIpc) is 3.11. The zero-order valence-electron chi connectivity index (χ0n) is 9.35. The van der Waals surface area contributed by atoms with Crippen molar-refractivity contribution >= 4 is 11.9 Å². The molecule has 1 aliphatic rings. The topological polar surface area (TPSA) is 88.2 Å². The molecule has 0 spiro atoms. The lowest BCUT2D eigenvalue weighted by atomic mass is 10.2. The maximum atomic E-state index is 11.6. The lowest BCUT2D eigenvalue weighted by molar-refractivity contribution is 0.197. The summed E-state index contributed by atoms with van der Waals surface area (Å²) < 4.78 is 5.07. The van der Waals surface area contributed by atoms with Gasteiger partial charge in [-0.2, -0.15) is 0 Å². The Morgan fingerprint density at radius 1 is 1.41 bits per heavy atom. The van der Waals surface area contributed by atoms with Gasteiger partial charge in [-0.25, -0.2) is 4.79 Å². The fraction of sp³-hybridized carbons (Fsp3) is 0.333. The molecule has 5 heteroatoms. The van der Waals surface area contributed by atoms with Crippen molar-refractivity contribution < 1.29 is 9.53 Å². The molecule has 17 heavy (non-hydrogen) atoms. The van der Waals surface area contributed by atoms with Gasteiger partial charge < -0.3 is 15.8 Å². The molecule has 2 rings (SSSR count). The minimum atomic E-state index is -0.566. The van der Waals surface area contributed by atoms with Crippen LogP contribution in [-0.2, 0) is 0 Å². The number of carbonyl (C=O) groups is 1. The third-order valence-corrected chi connectivity index (χ3v) is 2.66. The van der Waals surface area contributed by atoms with Crippen molar-refractivity contribution in [1.82, 2.24) is 5.32 Å². The molecule has 0 heterocycles. The van der Waals surface area contributed by atoms with E-state index in [2.05, 4.69) is 5.32 Å². The van der Waals surface area contributed by atoms with Crippen LogP contribution in [0.5, 0.6) is 5.75 Å². The molecule has 1 amide bonds. The largest absolute Gasteiger partial charge is 0.413 e. The van der Waals surface area contributed by atoms with Gasteiger partial charge in [-0.05, 0) is 30.9 Å². The normalized spacial score (nSPS) is 16.0. The molecule has 5 nitrogen and oxygen atoms in total. The second kappa shape index (κ2) is 4.86. The van der Waals surface area contributed by atoms with E-state index in [1.165, 1.54) is 0 Å². The average molecular weight is 233 g/mol. The molecule has 0 aliphatic heterocycles. The van der Waals surface area contributed by atoms with Crippen molar-refractivity contribution in [2.45, 2.75) is 18.9 Å². The maximum Gasteiger partial charge on any atom is 0.413 e. The third kappa shape index (κ3) is 3.21. The predicted molar refractivity (Wildman–Crippen MR) is 64.0 cm³/mol. The number of nitrogens with one attached hydrogen (secondary N) is 2. The highest BCUT2D eigenvalue weighted by Crippen LogP contribution is 2.32. The van der Waals surface area contributed by atoms with Gasteiger partial charge in [-0.1, -0.05) is 18.2 Å². The zero-order valence-corrected chi connectivity index (χ0v) is 9.35. The number of para-hydroxylation sites is 1. The summed E-state index contributed by atoms with van der Waals surface area (Å²) in [5.74, 6) is 0.747. The number of carbonyl (C=O) groups excluding carboxylic acids is 1. The van der Waals surface area contributed by atoms with Gasteiger partial charge >= 0.3 is 6.09 Å². The van der Waals surface area contributed by atoms with Crippen LogP contribution in [-0.4, -0.2) is 18.0 Å². The quantitative estimate of drug-likeness (QED) is 0.543. The van der Waals surface area contributed by atoms with Crippen molar-refractivity contribution in [2.24, 2.45) is 11.7 Å². The summed E-state index contributed by atoms with van der Waals surface area (Å²) in [5, 5.41) is 10.0. The summed E-state index contributed by atoms with van der Waals surface area (Å²) in [6.07, 6.45) is 1.43. The highest BCUT2D eigenvalue weighted by molar-refractivity contribution is 5.87. The van der Waals surface area contributed by atoms with E-state index >= 15 is 0 Å². The van der Waals surface area contributed by atoms with Gasteiger partial charge in [0.15, 0.2) is 0 Å². The number of ether oxygens (including phenoxy) is 1. The van der Waals surface area contributed by atoms with Crippen LogP contribution in [0.2, 0.25) is 0 Å². The van der Waals surface area contributed by atoms with Crippen molar-refractivity contribution in [3.05, 3.63) is 30.3 Å². The van der Waals surface area contributed by atoms with E-state index in [0.717, 1.165) is 12.8 Å². The Hall–Kier alpha value is -2.04. The number of hydrogen-bond donors (Lipinski definition) is 3. The molecule has 1 aromatic carbocycles. The maximum absolute atomic E-state index is 11.6. The number of amidine groups is 1. The first kappa shape index (κ1) is 11.4. The molecule has 1 atom stereocenters. The summed E-state index contributed by atoms with van der Waals surface area (Å²) in [7, 11) is 0. The van der Waals surface area contributed by atoms with Crippen molar-refractivity contribution in [2.75, 3.05) is 0 Å². The zero-order chi connectivity index (χ0) is 12.3. The highest BCUT2D eigenvalue weighted by Gasteiger charge is 2.34. The van der Waals surface area contributed by atoms with Gasteiger partial charge in [0.25, 0.3) is 0 Å². The first-order valence-electron chi connectivity index (χ1n) is 5.54. The van der Waals surface area contributed by atoms with Crippen LogP contribution in [0.4, 0.5) is 4.79 Å². The van der Waals surface area contributed by atoms with E-state index in [1.54, 1.807) is 24.3 Å². The molecule has 0 aromatic heterocycles. The van der Waals surface area contributed by atoms with E-state index in [0.29, 0.717) is 5.75 Å². The minimum Gasteiger partial charge on any atom is -0.410 e. The second-order valence-corrected chi connectivity index (χ2v) is 4.12. The van der Waals surface area contributed by atoms with Crippen LogP contribution in [0.3, 0.4) is 0 Å². The molecule has 1 unspecified atom stereocenters. The number of nitrogens with two attached hydrogens (primary N) is 1. The fourth-order valence-electron chi connectivity index (χ4n) is 1.63. The monoisotopic (exact) mass is 233 g/mol. The number of benzene rings is 1. The molecule has 90 valence electrons.